The highest BCUT2D eigenvalue weighted by atomic mass is 19.4. The first kappa shape index (κ1) is 23.0. The molecule has 1 unspecified atom stereocenters. The van der Waals surface area contributed by atoms with E-state index in [2.05, 4.69) is 21.3 Å². The number of nitrogens with one attached hydrogen (secondary N) is 1. The van der Waals surface area contributed by atoms with Gasteiger partial charge in [-0.15, -0.1) is 0 Å². The Kier molecular flexibility index (Phi) is 6.19. The van der Waals surface area contributed by atoms with Gasteiger partial charge in [0.2, 0.25) is 0 Å². The lowest BCUT2D eigenvalue weighted by Crippen LogP contribution is -2.42. The van der Waals surface area contributed by atoms with Crippen molar-refractivity contribution >= 4 is 17.9 Å². The van der Waals surface area contributed by atoms with Crippen molar-refractivity contribution in [3.05, 3.63) is 89.5 Å². The van der Waals surface area contributed by atoms with Crippen LogP contribution < -0.4 is 10.2 Å². The van der Waals surface area contributed by atoms with Crippen LogP contribution in [0.2, 0.25) is 0 Å². The minimum Gasteiger partial charge on any atom is -0.370 e. The topological polar surface area (TPSA) is 47.9 Å². The number of aliphatic imine (C=N–C) groups is 1. The van der Waals surface area contributed by atoms with Crippen LogP contribution in [-0.2, 0) is 12.7 Å². The number of rotatable bonds is 4. The van der Waals surface area contributed by atoms with Crippen molar-refractivity contribution in [3.8, 4) is 11.1 Å². The molecule has 3 aromatic rings. The molecule has 2 aliphatic rings. The molecule has 0 saturated heterocycles. The molecular formula is C27H25F3N4O. The number of hydrogen-bond acceptors (Lipinski definition) is 4. The lowest BCUT2D eigenvalue weighted by Gasteiger charge is -2.27. The third kappa shape index (κ3) is 4.87. The molecule has 1 amide bonds. The number of carbonyl (C=O) groups is 1. The number of para-hydroxylation sites is 1. The number of alkyl halides is 3. The van der Waals surface area contributed by atoms with Crippen molar-refractivity contribution in [2.75, 3.05) is 31.1 Å². The molecule has 5 nitrogen and oxygen atoms in total. The standard InChI is InChI=1S/C27H25F3N4O/c28-27(29,30)21-11-9-19(10-12-21)23-6-2-3-7-24(23)26(35)34-14-13-33(17-22-15-31-18-32-22)25-8-4-1-5-20(25)16-34/h1-12,18,22H,13-17H2,(H,31,32). The van der Waals surface area contributed by atoms with Crippen LogP contribution in [0.4, 0.5) is 18.9 Å². The monoisotopic (exact) mass is 478 g/mol. The molecule has 2 aliphatic heterocycles. The molecular weight excluding hydrogens is 453 g/mol. The van der Waals surface area contributed by atoms with Crippen LogP contribution in [0.5, 0.6) is 0 Å². The van der Waals surface area contributed by atoms with Gasteiger partial charge in [-0.25, -0.2) is 0 Å². The molecule has 1 atom stereocenters. The maximum absolute atomic E-state index is 13.7. The van der Waals surface area contributed by atoms with Crippen LogP contribution in [0, 0.1) is 0 Å². The number of nitrogens with zero attached hydrogens (tertiary/aromatic N) is 3. The molecule has 0 bridgehead atoms. The second kappa shape index (κ2) is 9.44. The smallest absolute Gasteiger partial charge is 0.370 e. The van der Waals surface area contributed by atoms with Gasteiger partial charge in [0.15, 0.2) is 0 Å². The summed E-state index contributed by atoms with van der Waals surface area (Å²) < 4.78 is 39.0. The molecule has 0 aromatic heterocycles. The summed E-state index contributed by atoms with van der Waals surface area (Å²) in [6.07, 6.45) is -2.66. The van der Waals surface area contributed by atoms with Crippen molar-refractivity contribution in [2.24, 2.45) is 4.99 Å². The Labute approximate surface area is 201 Å². The first-order valence-corrected chi connectivity index (χ1v) is 11.5. The fourth-order valence-corrected chi connectivity index (χ4v) is 4.66. The van der Waals surface area contributed by atoms with Crippen LogP contribution in [0.3, 0.4) is 0 Å². The van der Waals surface area contributed by atoms with E-state index in [1.807, 2.05) is 23.1 Å². The minimum atomic E-state index is -4.40. The predicted octanol–water partition coefficient (Wildman–Crippen LogP) is 4.83. The Morgan fingerprint density at radius 3 is 2.46 bits per heavy atom. The van der Waals surface area contributed by atoms with E-state index in [9.17, 15) is 18.0 Å². The minimum absolute atomic E-state index is 0.139. The highest BCUT2D eigenvalue weighted by molar-refractivity contribution is 6.01. The zero-order chi connectivity index (χ0) is 24.4. The zero-order valence-electron chi connectivity index (χ0n) is 19.0. The van der Waals surface area contributed by atoms with E-state index in [1.165, 1.54) is 12.1 Å². The Morgan fingerprint density at radius 2 is 1.71 bits per heavy atom. The van der Waals surface area contributed by atoms with Gasteiger partial charge in [-0.2, -0.15) is 13.2 Å². The lowest BCUT2D eigenvalue weighted by atomic mass is 9.97. The lowest BCUT2D eigenvalue weighted by molar-refractivity contribution is -0.137. The molecule has 0 spiro atoms. The van der Waals surface area contributed by atoms with E-state index < -0.39 is 11.7 Å². The highest BCUT2D eigenvalue weighted by Crippen LogP contribution is 2.33. The summed E-state index contributed by atoms with van der Waals surface area (Å²) in [6.45, 7) is 3.16. The van der Waals surface area contributed by atoms with Crippen molar-refractivity contribution < 1.29 is 18.0 Å². The van der Waals surface area contributed by atoms with Gasteiger partial charge in [-0.1, -0.05) is 48.5 Å². The Morgan fingerprint density at radius 1 is 0.971 bits per heavy atom. The van der Waals surface area contributed by atoms with E-state index in [1.54, 1.807) is 30.6 Å². The Bertz CT molecular complexity index is 1230. The molecule has 5 rings (SSSR count). The van der Waals surface area contributed by atoms with Crippen LogP contribution in [0.25, 0.3) is 11.1 Å². The summed E-state index contributed by atoms with van der Waals surface area (Å²) >= 11 is 0. The second-order valence-corrected chi connectivity index (χ2v) is 8.78. The average molecular weight is 479 g/mol. The number of halogens is 3. The van der Waals surface area contributed by atoms with Crippen LogP contribution in [0.1, 0.15) is 21.5 Å². The van der Waals surface area contributed by atoms with Crippen LogP contribution in [-0.4, -0.2) is 49.4 Å². The molecule has 8 heteroatoms. The molecule has 0 aliphatic carbocycles. The largest absolute Gasteiger partial charge is 0.416 e. The van der Waals surface area contributed by atoms with E-state index in [-0.39, 0.29) is 11.9 Å². The van der Waals surface area contributed by atoms with Gasteiger partial charge < -0.3 is 15.1 Å². The van der Waals surface area contributed by atoms with E-state index in [0.29, 0.717) is 36.3 Å². The fraction of sp³-hybridized carbons (Fsp3) is 0.259. The van der Waals surface area contributed by atoms with Crippen molar-refractivity contribution in [2.45, 2.75) is 18.8 Å². The summed E-state index contributed by atoms with van der Waals surface area (Å²) in [4.78, 5) is 22.1. The molecule has 0 fully saturated rings. The third-order valence-corrected chi connectivity index (χ3v) is 6.47. The maximum atomic E-state index is 13.7. The first-order chi connectivity index (χ1) is 16.9. The van der Waals surface area contributed by atoms with Gasteiger partial charge in [0.25, 0.3) is 5.91 Å². The van der Waals surface area contributed by atoms with E-state index >= 15 is 0 Å². The maximum Gasteiger partial charge on any atom is 0.416 e. The third-order valence-electron chi connectivity index (χ3n) is 6.47. The zero-order valence-corrected chi connectivity index (χ0v) is 19.0. The van der Waals surface area contributed by atoms with Crippen molar-refractivity contribution in [1.82, 2.24) is 10.2 Å². The summed E-state index contributed by atoms with van der Waals surface area (Å²) in [7, 11) is 0. The molecule has 180 valence electrons. The van der Waals surface area contributed by atoms with Crippen LogP contribution >= 0.6 is 0 Å². The quantitative estimate of drug-likeness (QED) is 0.584. The van der Waals surface area contributed by atoms with Gasteiger partial charge >= 0.3 is 6.18 Å². The van der Waals surface area contributed by atoms with Gasteiger partial charge in [0, 0.05) is 37.4 Å². The van der Waals surface area contributed by atoms with Gasteiger partial charge in [0.05, 0.1) is 24.5 Å². The van der Waals surface area contributed by atoms with Crippen molar-refractivity contribution in [1.29, 1.82) is 0 Å². The fourth-order valence-electron chi connectivity index (χ4n) is 4.66. The summed E-state index contributed by atoms with van der Waals surface area (Å²) in [5.74, 6) is -0.139. The summed E-state index contributed by atoms with van der Waals surface area (Å²) in [5, 5.41) is 3.27. The van der Waals surface area contributed by atoms with E-state index in [4.69, 9.17) is 0 Å². The Balaban J connectivity index is 1.41. The number of fused-ring (bicyclic) bond motifs is 1. The van der Waals surface area contributed by atoms with Gasteiger partial charge in [-0.05, 0) is 41.0 Å². The van der Waals surface area contributed by atoms with Gasteiger partial charge in [0.1, 0.15) is 0 Å². The van der Waals surface area contributed by atoms with Crippen LogP contribution in [0.15, 0.2) is 77.8 Å². The molecule has 0 saturated carbocycles. The molecule has 0 radical (unpaired) electrons. The van der Waals surface area contributed by atoms with Gasteiger partial charge in [-0.3, -0.25) is 9.79 Å². The normalized spacial score (nSPS) is 17.6. The SMILES string of the molecule is O=C(c1ccccc1-c1ccc(C(F)(F)F)cc1)N1CCN(CC2CN=CN2)c2ccccc2C1. The number of amides is 1. The van der Waals surface area contributed by atoms with E-state index in [0.717, 1.165) is 36.5 Å². The molecule has 35 heavy (non-hydrogen) atoms. The highest BCUT2D eigenvalue weighted by Gasteiger charge is 2.30. The number of benzene rings is 3. The molecule has 1 N–H and O–H groups in total. The number of anilines is 1. The molecule has 2 heterocycles. The van der Waals surface area contributed by atoms with Crippen molar-refractivity contribution in [3.63, 3.8) is 0 Å². The number of hydrogen-bond donors (Lipinski definition) is 1. The number of carbonyl (C=O) groups excluding carboxylic acids is 1. The first-order valence-electron chi connectivity index (χ1n) is 11.5. The second-order valence-electron chi connectivity index (χ2n) is 8.78. The predicted molar refractivity (Wildman–Crippen MR) is 131 cm³/mol. The Hall–Kier alpha value is -3.81. The summed E-state index contributed by atoms with van der Waals surface area (Å²) in [5.41, 5.74) is 3.12. The average Bonchev–Trinajstić information content (AvgIpc) is 3.31. The summed E-state index contributed by atoms with van der Waals surface area (Å²) in [6, 6.07) is 20.4. The molecule has 3 aromatic carbocycles.